The second-order valence-corrected chi connectivity index (χ2v) is 8.89. The van der Waals surface area contributed by atoms with Crippen molar-refractivity contribution >= 4 is 23.9 Å². The van der Waals surface area contributed by atoms with Gasteiger partial charge < -0.3 is 28.2 Å². The van der Waals surface area contributed by atoms with Gasteiger partial charge in [0, 0.05) is 45.7 Å². The minimum atomic E-state index is -1.32. The summed E-state index contributed by atoms with van der Waals surface area (Å²) in [5, 5.41) is 12.2. The number of hydrogen-bond donors (Lipinski definition) is 0. The summed E-state index contributed by atoms with van der Waals surface area (Å²) in [5.41, 5.74) is 1.84. The van der Waals surface area contributed by atoms with Gasteiger partial charge in [-0.3, -0.25) is 19.2 Å². The Morgan fingerprint density at radius 2 is 1.45 bits per heavy atom. The lowest BCUT2D eigenvalue weighted by Gasteiger charge is -2.44. The second-order valence-electron chi connectivity index (χ2n) is 8.89. The third kappa shape index (κ3) is 6.66. The van der Waals surface area contributed by atoms with E-state index in [1.807, 2.05) is 0 Å². The van der Waals surface area contributed by atoms with E-state index < -0.39 is 54.5 Å². The molecular weight excluding hydrogens is 530 g/mol. The molecule has 1 aliphatic heterocycles. The van der Waals surface area contributed by atoms with E-state index in [0.717, 1.165) is 26.3 Å². The van der Waals surface area contributed by atoms with Crippen molar-refractivity contribution in [3.63, 3.8) is 0 Å². The van der Waals surface area contributed by atoms with E-state index in [0.29, 0.717) is 23.0 Å². The third-order valence-electron chi connectivity index (χ3n) is 5.70. The lowest BCUT2D eigenvalue weighted by atomic mass is 9.97. The predicted octanol–water partition coefficient (Wildman–Crippen LogP) is 1.56. The van der Waals surface area contributed by atoms with Crippen molar-refractivity contribution in [3.8, 4) is 22.6 Å². The zero-order chi connectivity index (χ0) is 29.0. The SMILES string of the molecule is CC(=O)OC[C@H]1O[C@@H](n2cc(-c3ccc(-c4noc(C)n4)cc3)nn2)[C@H](OC(C)=O)[C@@H](OC(C)=O)[C@@H]1OC(C)=O. The van der Waals surface area contributed by atoms with Crippen LogP contribution in [0.1, 0.15) is 39.8 Å². The molecule has 0 spiro atoms. The largest absolute Gasteiger partial charge is 0.463 e. The summed E-state index contributed by atoms with van der Waals surface area (Å²) in [7, 11) is 0. The fourth-order valence-electron chi connectivity index (χ4n) is 4.16. The maximum absolute atomic E-state index is 12.1. The molecule has 40 heavy (non-hydrogen) atoms. The zero-order valence-electron chi connectivity index (χ0n) is 22.3. The smallest absolute Gasteiger partial charge is 0.303 e. The van der Waals surface area contributed by atoms with Crippen molar-refractivity contribution < 1.29 is 47.4 Å². The highest BCUT2D eigenvalue weighted by molar-refractivity contribution is 5.69. The first-order valence-corrected chi connectivity index (χ1v) is 12.1. The maximum Gasteiger partial charge on any atom is 0.303 e. The van der Waals surface area contributed by atoms with Gasteiger partial charge in [-0.2, -0.15) is 4.98 Å². The van der Waals surface area contributed by atoms with Crippen LogP contribution in [-0.4, -0.2) is 80.0 Å². The number of nitrogens with zero attached hydrogens (tertiary/aromatic N) is 5. The molecule has 1 aromatic carbocycles. The molecule has 15 nitrogen and oxygen atoms in total. The number of hydrogen-bond acceptors (Lipinski definition) is 14. The molecule has 212 valence electrons. The van der Waals surface area contributed by atoms with Crippen LogP contribution in [0.25, 0.3) is 22.6 Å². The molecule has 3 aromatic rings. The Morgan fingerprint density at radius 1 is 0.850 bits per heavy atom. The van der Waals surface area contributed by atoms with Crippen molar-refractivity contribution in [3.05, 3.63) is 36.4 Å². The molecule has 1 fully saturated rings. The standard InChI is InChI=1S/C25H27N5O10/c1-12-26-24(28-40-12)18-8-6-17(7-9-18)19-10-30(29-27-19)25-23(38-16(5)34)22(37-15(4)33)21(36-14(3)32)20(39-25)11-35-13(2)31/h6-10,20-23,25H,11H2,1-5H3/t20-,21-,22+,23-,25-/m1/s1. The Balaban J connectivity index is 1.68. The number of carbonyl (C=O) groups is 4. The van der Waals surface area contributed by atoms with Crippen molar-refractivity contribution in [1.29, 1.82) is 0 Å². The molecule has 15 heteroatoms. The van der Waals surface area contributed by atoms with E-state index in [1.54, 1.807) is 31.2 Å². The monoisotopic (exact) mass is 557 g/mol. The van der Waals surface area contributed by atoms with Gasteiger partial charge in [0.15, 0.2) is 24.5 Å². The summed E-state index contributed by atoms with van der Waals surface area (Å²) in [6.07, 6.45) is -4.68. The molecule has 1 aliphatic rings. The van der Waals surface area contributed by atoms with Gasteiger partial charge in [0.2, 0.25) is 11.7 Å². The minimum absolute atomic E-state index is 0.354. The van der Waals surface area contributed by atoms with Gasteiger partial charge in [0.25, 0.3) is 0 Å². The Labute approximate surface area is 227 Å². The molecule has 0 amide bonds. The minimum Gasteiger partial charge on any atom is -0.463 e. The molecular formula is C25H27N5O10. The topological polar surface area (TPSA) is 184 Å². The van der Waals surface area contributed by atoms with Gasteiger partial charge >= 0.3 is 23.9 Å². The summed E-state index contributed by atoms with van der Waals surface area (Å²) in [6, 6.07) is 7.13. The van der Waals surface area contributed by atoms with Crippen LogP contribution in [0.15, 0.2) is 35.0 Å². The second kappa shape index (κ2) is 12.0. The molecule has 1 saturated heterocycles. The quantitative estimate of drug-likeness (QED) is 0.287. The van der Waals surface area contributed by atoms with Crippen LogP contribution < -0.4 is 0 Å². The Morgan fingerprint density at radius 3 is 2.02 bits per heavy atom. The summed E-state index contributed by atoms with van der Waals surface area (Å²) in [4.78, 5) is 51.7. The van der Waals surface area contributed by atoms with E-state index in [-0.39, 0.29) is 6.61 Å². The maximum atomic E-state index is 12.1. The highest BCUT2D eigenvalue weighted by Crippen LogP contribution is 2.35. The molecule has 0 aliphatic carbocycles. The van der Waals surface area contributed by atoms with Crippen molar-refractivity contribution in [2.75, 3.05) is 6.61 Å². The van der Waals surface area contributed by atoms with Crippen molar-refractivity contribution in [2.24, 2.45) is 0 Å². The van der Waals surface area contributed by atoms with E-state index in [4.69, 9.17) is 28.2 Å². The van der Waals surface area contributed by atoms with Gasteiger partial charge in [-0.15, -0.1) is 5.10 Å². The first-order valence-electron chi connectivity index (χ1n) is 12.1. The fraction of sp³-hybridized carbons (Fsp3) is 0.440. The normalized spacial score (nSPS) is 22.3. The Hall–Kier alpha value is -4.66. The molecule has 0 unspecified atom stereocenters. The van der Waals surface area contributed by atoms with Crippen molar-refractivity contribution in [1.82, 2.24) is 25.1 Å². The average Bonchev–Trinajstić information content (AvgIpc) is 3.54. The number of ether oxygens (including phenoxy) is 5. The van der Waals surface area contributed by atoms with Crippen LogP contribution in [0, 0.1) is 6.92 Å². The predicted molar refractivity (Wildman–Crippen MR) is 131 cm³/mol. The van der Waals surface area contributed by atoms with Crippen LogP contribution in [0.2, 0.25) is 0 Å². The van der Waals surface area contributed by atoms with E-state index >= 15 is 0 Å². The van der Waals surface area contributed by atoms with Crippen LogP contribution in [0.5, 0.6) is 0 Å². The molecule has 0 saturated carbocycles. The lowest BCUT2D eigenvalue weighted by Crippen LogP contribution is -2.60. The molecule has 0 radical (unpaired) electrons. The first-order chi connectivity index (χ1) is 19.0. The molecule has 0 bridgehead atoms. The van der Waals surface area contributed by atoms with Crippen LogP contribution >= 0.6 is 0 Å². The first kappa shape index (κ1) is 28.4. The zero-order valence-corrected chi connectivity index (χ0v) is 22.3. The highest BCUT2D eigenvalue weighted by Gasteiger charge is 2.53. The van der Waals surface area contributed by atoms with E-state index in [1.165, 1.54) is 17.8 Å². The van der Waals surface area contributed by atoms with E-state index in [2.05, 4.69) is 20.5 Å². The summed E-state index contributed by atoms with van der Waals surface area (Å²) in [5.74, 6) is -1.92. The van der Waals surface area contributed by atoms with Gasteiger partial charge in [-0.05, 0) is 0 Å². The van der Waals surface area contributed by atoms with Gasteiger partial charge in [-0.1, -0.05) is 34.6 Å². The Kier molecular flexibility index (Phi) is 8.52. The van der Waals surface area contributed by atoms with Crippen molar-refractivity contribution in [2.45, 2.75) is 65.3 Å². The number of aryl methyl sites for hydroxylation is 1. The summed E-state index contributed by atoms with van der Waals surface area (Å²) < 4.78 is 33.8. The number of esters is 4. The molecule has 5 atom stereocenters. The molecule has 3 heterocycles. The highest BCUT2D eigenvalue weighted by atomic mass is 16.7. The number of rotatable bonds is 8. The fourth-order valence-corrected chi connectivity index (χ4v) is 4.16. The van der Waals surface area contributed by atoms with E-state index in [9.17, 15) is 19.2 Å². The number of benzene rings is 1. The average molecular weight is 558 g/mol. The van der Waals surface area contributed by atoms with Gasteiger partial charge in [0.1, 0.15) is 18.4 Å². The van der Waals surface area contributed by atoms with Crippen LogP contribution in [0.4, 0.5) is 0 Å². The molecule has 0 N–H and O–H groups in total. The lowest BCUT2D eigenvalue weighted by molar-refractivity contribution is -0.270. The van der Waals surface area contributed by atoms with Crippen LogP contribution in [0.3, 0.4) is 0 Å². The van der Waals surface area contributed by atoms with Crippen LogP contribution in [-0.2, 0) is 42.9 Å². The number of carbonyl (C=O) groups excluding carboxylic acids is 4. The van der Waals surface area contributed by atoms with Gasteiger partial charge in [0.05, 0.1) is 6.20 Å². The molecule has 2 aromatic heterocycles. The number of aromatic nitrogens is 5. The van der Waals surface area contributed by atoms with Gasteiger partial charge in [-0.25, -0.2) is 4.68 Å². The summed E-state index contributed by atoms with van der Waals surface area (Å²) >= 11 is 0. The Bertz CT molecular complexity index is 1380. The third-order valence-corrected chi connectivity index (χ3v) is 5.70. The summed E-state index contributed by atoms with van der Waals surface area (Å²) in [6.45, 7) is 5.99. The molecule has 4 rings (SSSR count).